The number of allylic oxidation sites excluding steroid dienone is 1. The van der Waals surface area contributed by atoms with Crippen molar-refractivity contribution < 1.29 is 4.79 Å². The molecule has 2 unspecified atom stereocenters. The van der Waals surface area contributed by atoms with Gasteiger partial charge in [-0.25, -0.2) is 0 Å². The highest BCUT2D eigenvalue weighted by atomic mass is 16.1. The number of hydrogen-bond donors (Lipinski definition) is 1. The van der Waals surface area contributed by atoms with Crippen LogP contribution in [-0.4, -0.2) is 23.9 Å². The van der Waals surface area contributed by atoms with E-state index in [1.807, 2.05) is 12.3 Å². The van der Waals surface area contributed by atoms with Gasteiger partial charge in [0.15, 0.2) is 0 Å². The molecule has 2 aliphatic heterocycles. The molecular formula is C23H26N2O. The first-order valence-electron chi connectivity index (χ1n) is 9.59. The van der Waals surface area contributed by atoms with Crippen molar-refractivity contribution >= 4 is 5.91 Å². The van der Waals surface area contributed by atoms with Gasteiger partial charge in [-0.15, -0.1) is 0 Å². The maximum atomic E-state index is 12.7. The van der Waals surface area contributed by atoms with Crippen LogP contribution < -0.4 is 5.32 Å². The van der Waals surface area contributed by atoms with E-state index in [0.717, 1.165) is 32.5 Å². The van der Waals surface area contributed by atoms with Crippen LogP contribution in [0.1, 0.15) is 29.9 Å². The number of carbonyl (C=O) groups is 1. The Morgan fingerprint density at radius 3 is 2.27 bits per heavy atom. The van der Waals surface area contributed by atoms with Crippen molar-refractivity contribution in [2.24, 2.45) is 11.8 Å². The number of likely N-dealkylation sites (tertiary alicyclic amines) is 1. The molecule has 1 fully saturated rings. The lowest BCUT2D eigenvalue weighted by atomic mass is 9.72. The second kappa shape index (κ2) is 7.88. The molecule has 2 aromatic carbocycles. The fraction of sp³-hybridized carbons (Fsp3) is 0.348. The summed E-state index contributed by atoms with van der Waals surface area (Å²) in [5, 5.41) is 2.95. The van der Waals surface area contributed by atoms with Crippen molar-refractivity contribution in [1.82, 2.24) is 10.2 Å². The third kappa shape index (κ3) is 3.73. The maximum Gasteiger partial charge on any atom is 0.228 e. The summed E-state index contributed by atoms with van der Waals surface area (Å²) in [7, 11) is 0. The molecule has 0 saturated carbocycles. The normalized spacial score (nSPS) is 24.4. The molecule has 2 aromatic rings. The smallest absolute Gasteiger partial charge is 0.228 e. The lowest BCUT2D eigenvalue weighted by Gasteiger charge is -2.39. The lowest BCUT2D eigenvalue weighted by molar-refractivity contribution is -0.127. The van der Waals surface area contributed by atoms with E-state index < -0.39 is 0 Å². The van der Waals surface area contributed by atoms with E-state index in [1.54, 1.807) is 0 Å². The average Bonchev–Trinajstić information content (AvgIpc) is 2.70. The van der Waals surface area contributed by atoms with Crippen LogP contribution in [0.5, 0.6) is 0 Å². The molecule has 0 radical (unpaired) electrons. The molecule has 0 aromatic heterocycles. The first kappa shape index (κ1) is 17.0. The van der Waals surface area contributed by atoms with Crippen LogP contribution in [0.25, 0.3) is 0 Å². The maximum absolute atomic E-state index is 12.7. The Kier molecular flexibility index (Phi) is 5.16. The van der Waals surface area contributed by atoms with E-state index in [0.29, 0.717) is 5.92 Å². The number of piperidine rings is 1. The monoisotopic (exact) mass is 346 g/mol. The van der Waals surface area contributed by atoms with Gasteiger partial charge in [-0.1, -0.05) is 66.7 Å². The van der Waals surface area contributed by atoms with Gasteiger partial charge in [-0.3, -0.25) is 9.69 Å². The molecule has 134 valence electrons. The summed E-state index contributed by atoms with van der Waals surface area (Å²) in [6.45, 7) is 3.13. The van der Waals surface area contributed by atoms with E-state index in [4.69, 9.17) is 0 Å². The van der Waals surface area contributed by atoms with E-state index in [1.165, 1.54) is 11.1 Å². The van der Waals surface area contributed by atoms with Gasteiger partial charge in [0.05, 0.1) is 5.92 Å². The Bertz CT molecular complexity index is 748. The standard InChI is InChI=1S/C23H26N2O/c26-23-22(21(11-14-24-23)19-9-5-2-6-10-19)20-12-15-25(16-13-20)17-18-7-3-1-4-8-18/h1-11,14,20-22H,12-13,15-17H2,(H,24,26). The zero-order valence-electron chi connectivity index (χ0n) is 15.1. The van der Waals surface area contributed by atoms with Crippen LogP contribution >= 0.6 is 0 Å². The summed E-state index contributed by atoms with van der Waals surface area (Å²) in [4.78, 5) is 15.2. The Morgan fingerprint density at radius 2 is 1.58 bits per heavy atom. The summed E-state index contributed by atoms with van der Waals surface area (Å²) in [5.41, 5.74) is 2.61. The van der Waals surface area contributed by atoms with Crippen molar-refractivity contribution in [3.8, 4) is 0 Å². The van der Waals surface area contributed by atoms with Gasteiger partial charge in [0, 0.05) is 18.7 Å². The predicted molar refractivity (Wildman–Crippen MR) is 104 cm³/mol. The van der Waals surface area contributed by atoms with Crippen LogP contribution in [-0.2, 0) is 11.3 Å². The summed E-state index contributed by atoms with van der Waals surface area (Å²) < 4.78 is 0. The fourth-order valence-corrected chi connectivity index (χ4v) is 4.43. The second-order valence-electron chi connectivity index (χ2n) is 7.43. The van der Waals surface area contributed by atoms with E-state index in [-0.39, 0.29) is 17.7 Å². The van der Waals surface area contributed by atoms with Crippen molar-refractivity contribution in [1.29, 1.82) is 0 Å². The van der Waals surface area contributed by atoms with E-state index >= 15 is 0 Å². The van der Waals surface area contributed by atoms with Crippen molar-refractivity contribution in [3.05, 3.63) is 84.1 Å². The number of amides is 1. The van der Waals surface area contributed by atoms with Crippen LogP contribution in [0.4, 0.5) is 0 Å². The highest BCUT2D eigenvalue weighted by molar-refractivity contribution is 5.82. The molecule has 2 aliphatic rings. The summed E-state index contributed by atoms with van der Waals surface area (Å²) in [6.07, 6.45) is 6.16. The van der Waals surface area contributed by atoms with Gasteiger partial charge < -0.3 is 5.32 Å². The first-order valence-corrected chi connectivity index (χ1v) is 9.59. The molecule has 3 nitrogen and oxygen atoms in total. The Morgan fingerprint density at radius 1 is 0.923 bits per heavy atom. The minimum absolute atomic E-state index is 0.0428. The van der Waals surface area contributed by atoms with Crippen molar-refractivity contribution in [3.63, 3.8) is 0 Å². The molecule has 1 N–H and O–H groups in total. The SMILES string of the molecule is O=C1NC=CC(c2ccccc2)C1C1CCN(Cc2ccccc2)CC1. The molecule has 2 atom stereocenters. The number of nitrogens with zero attached hydrogens (tertiary/aromatic N) is 1. The van der Waals surface area contributed by atoms with E-state index in [9.17, 15) is 4.79 Å². The largest absolute Gasteiger partial charge is 0.333 e. The molecule has 2 heterocycles. The number of carbonyl (C=O) groups excluding carboxylic acids is 1. The molecule has 4 rings (SSSR count). The van der Waals surface area contributed by atoms with Crippen molar-refractivity contribution in [2.75, 3.05) is 13.1 Å². The highest BCUT2D eigenvalue weighted by Gasteiger charge is 2.38. The topological polar surface area (TPSA) is 32.3 Å². The van der Waals surface area contributed by atoms with Crippen LogP contribution in [0, 0.1) is 11.8 Å². The van der Waals surface area contributed by atoms with E-state index in [2.05, 4.69) is 70.9 Å². The Labute approximate surface area is 155 Å². The minimum Gasteiger partial charge on any atom is -0.333 e. The summed E-state index contributed by atoms with van der Waals surface area (Å²) in [6, 6.07) is 21.1. The molecule has 3 heteroatoms. The van der Waals surface area contributed by atoms with Gasteiger partial charge in [0.25, 0.3) is 0 Å². The molecule has 0 spiro atoms. The number of benzene rings is 2. The lowest BCUT2D eigenvalue weighted by Crippen LogP contribution is -2.43. The van der Waals surface area contributed by atoms with Gasteiger partial charge in [-0.05, 0) is 43.0 Å². The Balaban J connectivity index is 1.43. The molecule has 1 saturated heterocycles. The Hall–Kier alpha value is -2.39. The quantitative estimate of drug-likeness (QED) is 0.909. The molecular weight excluding hydrogens is 320 g/mol. The van der Waals surface area contributed by atoms with Gasteiger partial charge in [0.2, 0.25) is 5.91 Å². The van der Waals surface area contributed by atoms with Gasteiger partial charge in [-0.2, -0.15) is 0 Å². The van der Waals surface area contributed by atoms with Crippen LogP contribution in [0.2, 0.25) is 0 Å². The summed E-state index contributed by atoms with van der Waals surface area (Å²) >= 11 is 0. The van der Waals surface area contributed by atoms with Crippen molar-refractivity contribution in [2.45, 2.75) is 25.3 Å². The molecule has 0 aliphatic carbocycles. The third-order valence-corrected chi connectivity index (χ3v) is 5.79. The number of hydrogen-bond acceptors (Lipinski definition) is 2. The molecule has 1 amide bonds. The number of rotatable bonds is 4. The average molecular weight is 346 g/mol. The van der Waals surface area contributed by atoms with Crippen LogP contribution in [0.3, 0.4) is 0 Å². The summed E-state index contributed by atoms with van der Waals surface area (Å²) in [5.74, 6) is 0.858. The zero-order chi connectivity index (χ0) is 17.8. The fourth-order valence-electron chi connectivity index (χ4n) is 4.43. The molecule has 26 heavy (non-hydrogen) atoms. The van der Waals surface area contributed by atoms with Gasteiger partial charge >= 0.3 is 0 Å². The number of nitrogens with one attached hydrogen (secondary N) is 1. The zero-order valence-corrected chi connectivity index (χ0v) is 15.1. The minimum atomic E-state index is 0.0428. The first-order chi connectivity index (χ1) is 12.8. The predicted octanol–water partition coefficient (Wildman–Crippen LogP) is 3.94. The van der Waals surface area contributed by atoms with Gasteiger partial charge in [0.1, 0.15) is 0 Å². The molecule has 0 bridgehead atoms. The third-order valence-electron chi connectivity index (χ3n) is 5.79. The highest BCUT2D eigenvalue weighted by Crippen LogP contribution is 2.38. The second-order valence-corrected chi connectivity index (χ2v) is 7.43. The van der Waals surface area contributed by atoms with Crippen LogP contribution in [0.15, 0.2) is 72.9 Å².